The quantitative estimate of drug-likeness (QED) is 0.901. The molecule has 1 atom stereocenters. The van der Waals surface area contributed by atoms with Crippen LogP contribution in [0.25, 0.3) is 0 Å². The van der Waals surface area contributed by atoms with Crippen LogP contribution in [0, 0.1) is 0 Å². The van der Waals surface area contributed by atoms with Crippen molar-refractivity contribution in [3.05, 3.63) is 34.9 Å². The molecule has 1 amide bonds. The molecule has 2 fully saturated rings. The summed E-state index contributed by atoms with van der Waals surface area (Å²) in [5.74, 6) is 0.967. The molecule has 1 aromatic rings. The number of rotatable bonds is 3. The predicted molar refractivity (Wildman–Crippen MR) is 91.9 cm³/mol. The fraction of sp³-hybridized carbons (Fsp3) is 0.632. The first-order valence-electron chi connectivity index (χ1n) is 8.88. The Kier molecular flexibility index (Phi) is 5.02. The maximum Gasteiger partial charge on any atom is 0.254 e. The molecule has 4 nitrogen and oxygen atoms in total. The highest BCUT2D eigenvalue weighted by Gasteiger charge is 2.29. The van der Waals surface area contributed by atoms with Crippen molar-refractivity contribution in [3.8, 4) is 0 Å². The van der Waals surface area contributed by atoms with Crippen molar-refractivity contribution in [1.29, 1.82) is 0 Å². The number of hydrogen-bond donors (Lipinski definition) is 2. The molecule has 23 heavy (non-hydrogen) atoms. The lowest BCUT2D eigenvalue weighted by Crippen LogP contribution is -2.32. The highest BCUT2D eigenvalue weighted by atomic mass is 16.3. The van der Waals surface area contributed by atoms with E-state index in [0.717, 1.165) is 31.5 Å². The largest absolute Gasteiger partial charge is 0.391 e. The summed E-state index contributed by atoms with van der Waals surface area (Å²) in [5, 5.41) is 13.1. The second kappa shape index (κ2) is 7.02. The fourth-order valence-electron chi connectivity index (χ4n) is 3.70. The van der Waals surface area contributed by atoms with E-state index in [9.17, 15) is 9.90 Å². The minimum absolute atomic E-state index is 0.0950. The summed E-state index contributed by atoms with van der Waals surface area (Å²) in [6.45, 7) is 7.49. The van der Waals surface area contributed by atoms with Gasteiger partial charge < -0.3 is 15.3 Å². The van der Waals surface area contributed by atoms with Crippen LogP contribution in [0.4, 0.5) is 0 Å². The van der Waals surface area contributed by atoms with Gasteiger partial charge in [0.2, 0.25) is 0 Å². The van der Waals surface area contributed by atoms with E-state index in [0.29, 0.717) is 31.3 Å². The summed E-state index contributed by atoms with van der Waals surface area (Å²) >= 11 is 0. The minimum Gasteiger partial charge on any atom is -0.391 e. The molecule has 1 unspecified atom stereocenters. The van der Waals surface area contributed by atoms with E-state index in [4.69, 9.17) is 0 Å². The zero-order chi connectivity index (χ0) is 16.4. The molecule has 2 heterocycles. The van der Waals surface area contributed by atoms with Gasteiger partial charge in [0, 0.05) is 18.7 Å². The zero-order valence-corrected chi connectivity index (χ0v) is 14.2. The average molecular weight is 316 g/mol. The van der Waals surface area contributed by atoms with Gasteiger partial charge in [0.25, 0.3) is 5.91 Å². The van der Waals surface area contributed by atoms with Crippen LogP contribution in [0.2, 0.25) is 0 Å². The first-order valence-corrected chi connectivity index (χ1v) is 8.88. The Labute approximate surface area is 138 Å². The van der Waals surface area contributed by atoms with Gasteiger partial charge in [-0.3, -0.25) is 4.79 Å². The van der Waals surface area contributed by atoms with Crippen LogP contribution in [0.1, 0.15) is 66.4 Å². The molecule has 2 aliphatic rings. The first kappa shape index (κ1) is 16.5. The van der Waals surface area contributed by atoms with Crippen LogP contribution in [-0.4, -0.2) is 48.2 Å². The number of carbonyl (C=O) groups is 1. The molecule has 0 spiro atoms. The van der Waals surface area contributed by atoms with E-state index in [1.807, 2.05) is 4.90 Å². The number of nitrogens with zero attached hydrogens (tertiary/aromatic N) is 1. The van der Waals surface area contributed by atoms with E-state index < -0.39 is 0 Å². The summed E-state index contributed by atoms with van der Waals surface area (Å²) in [6.07, 6.45) is 2.50. The molecule has 126 valence electrons. The molecule has 2 saturated heterocycles. The van der Waals surface area contributed by atoms with E-state index in [2.05, 4.69) is 37.4 Å². The summed E-state index contributed by atoms with van der Waals surface area (Å²) in [4.78, 5) is 14.8. The number of amides is 1. The number of piperidine rings is 1. The van der Waals surface area contributed by atoms with Crippen molar-refractivity contribution < 1.29 is 9.90 Å². The first-order chi connectivity index (χ1) is 11.1. The number of benzene rings is 1. The summed E-state index contributed by atoms with van der Waals surface area (Å²) in [5.41, 5.74) is 3.27. The number of likely N-dealkylation sites (tertiary alicyclic amines) is 1. The number of aliphatic hydroxyl groups excluding tert-OH is 1. The van der Waals surface area contributed by atoms with Gasteiger partial charge in [-0.15, -0.1) is 0 Å². The van der Waals surface area contributed by atoms with Crippen LogP contribution in [0.3, 0.4) is 0 Å². The molecule has 0 aliphatic carbocycles. The normalized spacial score (nSPS) is 22.8. The Morgan fingerprint density at radius 3 is 2.61 bits per heavy atom. The number of nitrogens with one attached hydrogen (secondary N) is 1. The third kappa shape index (κ3) is 3.59. The second-order valence-corrected chi connectivity index (χ2v) is 7.22. The SMILES string of the molecule is CC(C)c1ccc(C2CCNCC2)c(C(=O)N2CCC(O)C2)c1. The van der Waals surface area contributed by atoms with Crippen LogP contribution in [0.5, 0.6) is 0 Å². The highest BCUT2D eigenvalue weighted by molar-refractivity contribution is 5.96. The minimum atomic E-state index is -0.366. The van der Waals surface area contributed by atoms with Gasteiger partial charge in [0.15, 0.2) is 0 Å². The lowest BCUT2D eigenvalue weighted by atomic mass is 9.85. The van der Waals surface area contributed by atoms with E-state index in [1.165, 1.54) is 11.1 Å². The van der Waals surface area contributed by atoms with Crippen molar-refractivity contribution >= 4 is 5.91 Å². The molecule has 2 aliphatic heterocycles. The van der Waals surface area contributed by atoms with Crippen LogP contribution in [-0.2, 0) is 0 Å². The molecule has 0 aromatic heterocycles. The molecular formula is C19H28N2O2. The molecule has 0 bridgehead atoms. The maximum atomic E-state index is 13.0. The molecule has 1 aromatic carbocycles. The van der Waals surface area contributed by atoms with E-state index in [-0.39, 0.29) is 12.0 Å². The van der Waals surface area contributed by atoms with Crippen LogP contribution in [0.15, 0.2) is 18.2 Å². The maximum absolute atomic E-state index is 13.0. The zero-order valence-electron chi connectivity index (χ0n) is 14.2. The third-order valence-corrected chi connectivity index (χ3v) is 5.20. The van der Waals surface area contributed by atoms with E-state index in [1.54, 1.807) is 0 Å². The topological polar surface area (TPSA) is 52.6 Å². The Balaban J connectivity index is 1.93. The molecule has 0 radical (unpaired) electrons. The van der Waals surface area contributed by atoms with Crippen LogP contribution < -0.4 is 5.32 Å². The number of aliphatic hydroxyl groups is 1. The van der Waals surface area contributed by atoms with Gasteiger partial charge in [0.1, 0.15) is 0 Å². The Hall–Kier alpha value is -1.39. The Morgan fingerprint density at radius 1 is 1.26 bits per heavy atom. The van der Waals surface area contributed by atoms with Crippen molar-refractivity contribution in [2.24, 2.45) is 0 Å². The lowest BCUT2D eigenvalue weighted by Gasteiger charge is -2.27. The average Bonchev–Trinajstić information content (AvgIpc) is 3.01. The van der Waals surface area contributed by atoms with Crippen molar-refractivity contribution in [1.82, 2.24) is 10.2 Å². The lowest BCUT2D eigenvalue weighted by molar-refractivity contribution is 0.0763. The van der Waals surface area contributed by atoms with Gasteiger partial charge in [-0.1, -0.05) is 26.0 Å². The monoisotopic (exact) mass is 316 g/mol. The summed E-state index contributed by atoms with van der Waals surface area (Å²) in [7, 11) is 0. The summed E-state index contributed by atoms with van der Waals surface area (Å²) < 4.78 is 0. The van der Waals surface area contributed by atoms with Gasteiger partial charge in [-0.05, 0) is 61.4 Å². The highest BCUT2D eigenvalue weighted by Crippen LogP contribution is 2.31. The number of carbonyl (C=O) groups excluding carboxylic acids is 1. The van der Waals surface area contributed by atoms with Crippen molar-refractivity contribution in [2.45, 2.75) is 51.0 Å². The van der Waals surface area contributed by atoms with Crippen LogP contribution >= 0.6 is 0 Å². The number of β-amino-alcohol motifs (C(OH)–C–C–N with tert-alkyl or cyclic N) is 1. The Bertz CT molecular complexity index is 564. The second-order valence-electron chi connectivity index (χ2n) is 7.22. The molecule has 4 heteroatoms. The van der Waals surface area contributed by atoms with Gasteiger partial charge >= 0.3 is 0 Å². The molecule has 3 rings (SSSR count). The molecule has 0 saturated carbocycles. The standard InChI is InChI=1S/C19H28N2O2/c1-13(2)15-3-4-17(14-5-8-20-9-6-14)18(11-15)19(23)21-10-7-16(22)12-21/h3-4,11,13-14,16,20,22H,5-10,12H2,1-2H3. The predicted octanol–water partition coefficient (Wildman–Crippen LogP) is 2.48. The molecular weight excluding hydrogens is 288 g/mol. The fourth-order valence-corrected chi connectivity index (χ4v) is 3.70. The van der Waals surface area contributed by atoms with Gasteiger partial charge in [0.05, 0.1) is 6.10 Å². The number of hydrogen-bond acceptors (Lipinski definition) is 3. The third-order valence-electron chi connectivity index (χ3n) is 5.20. The van der Waals surface area contributed by atoms with Gasteiger partial charge in [-0.2, -0.15) is 0 Å². The van der Waals surface area contributed by atoms with Gasteiger partial charge in [-0.25, -0.2) is 0 Å². The van der Waals surface area contributed by atoms with Crippen molar-refractivity contribution in [2.75, 3.05) is 26.2 Å². The van der Waals surface area contributed by atoms with E-state index >= 15 is 0 Å². The van der Waals surface area contributed by atoms with Crippen molar-refractivity contribution in [3.63, 3.8) is 0 Å². The smallest absolute Gasteiger partial charge is 0.254 e. The Morgan fingerprint density at radius 2 is 2.00 bits per heavy atom. The molecule has 2 N–H and O–H groups in total. The summed E-state index contributed by atoms with van der Waals surface area (Å²) in [6, 6.07) is 6.44.